The molecule has 2 atom stereocenters. The molecule has 1 aliphatic rings. The van der Waals surface area contributed by atoms with Gasteiger partial charge in [0.2, 0.25) is 0 Å². The van der Waals surface area contributed by atoms with E-state index in [1.165, 1.54) is 6.08 Å². The molecule has 0 bridgehead atoms. The lowest BCUT2D eigenvalue weighted by atomic mass is 9.99. The van der Waals surface area contributed by atoms with Crippen molar-refractivity contribution in [2.75, 3.05) is 0 Å². The molecule has 0 aliphatic carbocycles. The van der Waals surface area contributed by atoms with E-state index in [4.69, 9.17) is 4.74 Å². The van der Waals surface area contributed by atoms with Gasteiger partial charge in [0.05, 0.1) is 0 Å². The first-order valence-corrected chi connectivity index (χ1v) is 3.73. The summed E-state index contributed by atoms with van der Waals surface area (Å²) in [5.41, 5.74) is 0. The maximum atomic E-state index is 10.8. The van der Waals surface area contributed by atoms with Gasteiger partial charge in [-0.15, -0.1) is 6.58 Å². The van der Waals surface area contributed by atoms with Gasteiger partial charge in [-0.3, -0.25) is 0 Å². The van der Waals surface area contributed by atoms with E-state index in [1.807, 2.05) is 13.0 Å². The number of hydrogen-bond acceptors (Lipinski definition) is 2. The fourth-order valence-corrected chi connectivity index (χ4v) is 1.08. The van der Waals surface area contributed by atoms with Crippen LogP contribution in [0.5, 0.6) is 0 Å². The van der Waals surface area contributed by atoms with E-state index in [1.54, 1.807) is 6.08 Å². The first-order valence-electron chi connectivity index (χ1n) is 3.73. The molecule has 0 saturated heterocycles. The van der Waals surface area contributed by atoms with Crippen molar-refractivity contribution < 1.29 is 9.53 Å². The van der Waals surface area contributed by atoms with Crippen LogP contribution in [0.3, 0.4) is 0 Å². The molecule has 2 nitrogen and oxygen atoms in total. The molecule has 1 rings (SSSR count). The van der Waals surface area contributed by atoms with Crippen molar-refractivity contribution >= 4 is 5.97 Å². The number of ether oxygens (including phenoxy) is 1. The van der Waals surface area contributed by atoms with Crippen LogP contribution in [0.1, 0.15) is 13.3 Å². The minimum absolute atomic E-state index is 0.00926. The minimum atomic E-state index is -0.241. The van der Waals surface area contributed by atoms with Crippen molar-refractivity contribution in [2.24, 2.45) is 5.92 Å². The predicted molar refractivity (Wildman–Crippen MR) is 43.0 cm³/mol. The van der Waals surface area contributed by atoms with E-state index in [0.717, 1.165) is 6.42 Å². The number of carbonyl (C=O) groups is 1. The number of hydrogen-bond donors (Lipinski definition) is 0. The first kappa shape index (κ1) is 8.05. The van der Waals surface area contributed by atoms with Gasteiger partial charge in [-0.1, -0.05) is 19.1 Å². The molecular formula is C9H12O2. The Balaban J connectivity index is 2.59. The topological polar surface area (TPSA) is 26.3 Å². The molecule has 2 heteroatoms. The number of esters is 1. The van der Waals surface area contributed by atoms with Gasteiger partial charge in [-0.25, -0.2) is 4.79 Å². The normalized spacial score (nSPS) is 29.7. The third kappa shape index (κ3) is 1.93. The summed E-state index contributed by atoms with van der Waals surface area (Å²) in [7, 11) is 0. The fourth-order valence-electron chi connectivity index (χ4n) is 1.08. The Kier molecular flexibility index (Phi) is 2.47. The molecular weight excluding hydrogens is 140 g/mol. The average Bonchev–Trinajstić information content (AvgIpc) is 1.98. The Bertz CT molecular complexity index is 194. The van der Waals surface area contributed by atoms with E-state index in [0.29, 0.717) is 5.92 Å². The molecule has 0 fully saturated rings. The maximum absolute atomic E-state index is 10.8. The zero-order chi connectivity index (χ0) is 8.27. The Morgan fingerprint density at radius 1 is 1.82 bits per heavy atom. The molecule has 0 spiro atoms. The zero-order valence-corrected chi connectivity index (χ0v) is 6.62. The monoisotopic (exact) mass is 152 g/mol. The highest BCUT2D eigenvalue weighted by Gasteiger charge is 2.21. The Hall–Kier alpha value is -1.05. The average molecular weight is 152 g/mol. The van der Waals surface area contributed by atoms with Crippen molar-refractivity contribution in [3.63, 3.8) is 0 Å². The zero-order valence-electron chi connectivity index (χ0n) is 6.62. The lowest BCUT2D eigenvalue weighted by molar-refractivity contribution is -0.145. The SMILES string of the molecule is C=CC[C@H]1OC(=O)C=C[C@@H]1C. The van der Waals surface area contributed by atoms with Crippen molar-refractivity contribution in [3.8, 4) is 0 Å². The molecule has 11 heavy (non-hydrogen) atoms. The summed E-state index contributed by atoms with van der Waals surface area (Å²) in [6.07, 6.45) is 5.85. The predicted octanol–water partition coefficient (Wildman–Crippen LogP) is 1.68. The quantitative estimate of drug-likeness (QED) is 0.444. The largest absolute Gasteiger partial charge is 0.458 e. The highest BCUT2D eigenvalue weighted by molar-refractivity contribution is 5.82. The van der Waals surface area contributed by atoms with E-state index in [-0.39, 0.29) is 12.1 Å². The van der Waals surface area contributed by atoms with Crippen molar-refractivity contribution in [2.45, 2.75) is 19.4 Å². The van der Waals surface area contributed by atoms with Crippen LogP contribution in [0, 0.1) is 5.92 Å². The number of cyclic esters (lactones) is 1. The van der Waals surface area contributed by atoms with Crippen molar-refractivity contribution in [1.82, 2.24) is 0 Å². The van der Waals surface area contributed by atoms with Gasteiger partial charge in [0.1, 0.15) is 6.10 Å². The van der Waals surface area contributed by atoms with Gasteiger partial charge >= 0.3 is 5.97 Å². The van der Waals surface area contributed by atoms with Gasteiger partial charge in [0.25, 0.3) is 0 Å². The molecule has 0 saturated carbocycles. The van der Waals surface area contributed by atoms with Crippen LogP contribution in [0.15, 0.2) is 24.8 Å². The molecule has 0 aromatic carbocycles. The lowest BCUT2D eigenvalue weighted by Gasteiger charge is -2.23. The first-order chi connectivity index (χ1) is 5.24. The van der Waals surface area contributed by atoms with Gasteiger partial charge in [0, 0.05) is 18.4 Å². The standard InChI is InChI=1S/C9H12O2/c1-3-4-8-7(2)5-6-9(10)11-8/h3,5-8H,1,4H2,2H3/t7-,8+/m0/s1. The third-order valence-electron chi connectivity index (χ3n) is 1.79. The summed E-state index contributed by atoms with van der Waals surface area (Å²) in [4.78, 5) is 10.8. The second-order valence-corrected chi connectivity index (χ2v) is 2.72. The second kappa shape index (κ2) is 3.37. The van der Waals surface area contributed by atoms with Gasteiger partial charge in [0.15, 0.2) is 0 Å². The molecule has 0 radical (unpaired) electrons. The van der Waals surface area contributed by atoms with Crippen molar-refractivity contribution in [1.29, 1.82) is 0 Å². The van der Waals surface area contributed by atoms with Crippen LogP contribution in [-0.4, -0.2) is 12.1 Å². The van der Waals surface area contributed by atoms with Gasteiger partial charge in [-0.05, 0) is 0 Å². The maximum Gasteiger partial charge on any atom is 0.330 e. The van der Waals surface area contributed by atoms with Crippen LogP contribution in [0.25, 0.3) is 0 Å². The highest BCUT2D eigenvalue weighted by atomic mass is 16.5. The van der Waals surface area contributed by atoms with Gasteiger partial charge < -0.3 is 4.74 Å². The van der Waals surface area contributed by atoms with Crippen LogP contribution < -0.4 is 0 Å². The molecule has 0 unspecified atom stereocenters. The minimum Gasteiger partial charge on any atom is -0.458 e. The summed E-state index contributed by atoms with van der Waals surface area (Å²) in [6.45, 7) is 5.62. The van der Waals surface area contributed by atoms with E-state index < -0.39 is 0 Å². The number of carbonyl (C=O) groups excluding carboxylic acids is 1. The summed E-state index contributed by atoms with van der Waals surface area (Å²) in [5, 5.41) is 0. The lowest BCUT2D eigenvalue weighted by Crippen LogP contribution is -2.26. The third-order valence-corrected chi connectivity index (χ3v) is 1.79. The Morgan fingerprint density at radius 3 is 3.18 bits per heavy atom. The Morgan fingerprint density at radius 2 is 2.55 bits per heavy atom. The Labute approximate surface area is 66.5 Å². The van der Waals surface area contributed by atoms with E-state index in [9.17, 15) is 4.79 Å². The fraction of sp³-hybridized carbons (Fsp3) is 0.444. The van der Waals surface area contributed by atoms with Crippen LogP contribution >= 0.6 is 0 Å². The smallest absolute Gasteiger partial charge is 0.330 e. The number of rotatable bonds is 2. The molecule has 60 valence electrons. The molecule has 0 N–H and O–H groups in total. The molecule has 1 aliphatic heterocycles. The summed E-state index contributed by atoms with van der Waals surface area (Å²) in [6, 6.07) is 0. The van der Waals surface area contributed by atoms with Crippen LogP contribution in [-0.2, 0) is 9.53 Å². The van der Waals surface area contributed by atoms with Crippen LogP contribution in [0.4, 0.5) is 0 Å². The summed E-state index contributed by atoms with van der Waals surface area (Å²) < 4.78 is 5.04. The summed E-state index contributed by atoms with van der Waals surface area (Å²) >= 11 is 0. The van der Waals surface area contributed by atoms with Crippen molar-refractivity contribution in [3.05, 3.63) is 24.8 Å². The van der Waals surface area contributed by atoms with E-state index in [2.05, 4.69) is 6.58 Å². The highest BCUT2D eigenvalue weighted by Crippen LogP contribution is 2.17. The second-order valence-electron chi connectivity index (χ2n) is 2.72. The molecule has 1 heterocycles. The molecule has 0 aromatic heterocycles. The van der Waals surface area contributed by atoms with E-state index >= 15 is 0 Å². The van der Waals surface area contributed by atoms with Crippen LogP contribution in [0.2, 0.25) is 0 Å². The summed E-state index contributed by atoms with van der Waals surface area (Å²) in [5.74, 6) is 0.0700. The molecule has 0 aromatic rings. The molecule has 0 amide bonds. The van der Waals surface area contributed by atoms with Gasteiger partial charge in [-0.2, -0.15) is 0 Å².